The summed E-state index contributed by atoms with van der Waals surface area (Å²) in [6, 6.07) is 1.23. The molecule has 3 heteroatoms. The summed E-state index contributed by atoms with van der Waals surface area (Å²) in [5, 5.41) is 3.36. The van der Waals surface area contributed by atoms with E-state index < -0.39 is 0 Å². The molecule has 0 aliphatic carbocycles. The minimum Gasteiger partial charge on any atom is -0.316 e. The molecular weight excluding hydrogens is 208 g/mol. The predicted octanol–water partition coefficient (Wildman–Crippen LogP) is 2.59. The molecule has 1 N–H and O–H groups in total. The lowest BCUT2D eigenvalue weighted by molar-refractivity contribution is 0.133. The number of rotatable bonds is 4. The molecule has 2 atom stereocenters. The molecule has 1 aliphatic heterocycles. The maximum Gasteiger partial charge on any atom is 0.0249 e. The van der Waals surface area contributed by atoms with Crippen LogP contribution in [0.3, 0.4) is 0 Å². The van der Waals surface area contributed by atoms with Gasteiger partial charge in [-0.2, -0.15) is 0 Å². The molecule has 88 valence electrons. The van der Waals surface area contributed by atoms with E-state index in [0.29, 0.717) is 12.1 Å². The molecule has 2 unspecified atom stereocenters. The molecule has 0 saturated carbocycles. The summed E-state index contributed by atoms with van der Waals surface area (Å²) in [5.41, 5.74) is 2.96. The van der Waals surface area contributed by atoms with Crippen LogP contribution in [0, 0.1) is 0 Å². The lowest BCUT2D eigenvalue weighted by Gasteiger charge is -2.39. The van der Waals surface area contributed by atoms with E-state index in [0.717, 1.165) is 6.54 Å². The summed E-state index contributed by atoms with van der Waals surface area (Å²) in [6.07, 6.45) is 3.98. The van der Waals surface area contributed by atoms with Gasteiger partial charge >= 0.3 is 0 Å². The molecule has 1 fully saturated rings. The summed E-state index contributed by atoms with van der Waals surface area (Å²) < 4.78 is 0. The Morgan fingerprint density at radius 1 is 1.60 bits per heavy atom. The maximum atomic E-state index is 5.73. The normalized spacial score (nSPS) is 26.7. The van der Waals surface area contributed by atoms with E-state index in [1.807, 2.05) is 7.05 Å². The molecule has 0 spiro atoms. The topological polar surface area (TPSA) is 15.3 Å². The van der Waals surface area contributed by atoms with Crippen LogP contribution in [-0.4, -0.2) is 37.1 Å². The van der Waals surface area contributed by atoms with Crippen LogP contribution in [0.2, 0.25) is 0 Å². The fourth-order valence-electron chi connectivity index (χ4n) is 2.33. The zero-order valence-corrected chi connectivity index (χ0v) is 10.8. The second-order valence-corrected chi connectivity index (χ2v) is 4.78. The molecule has 1 aliphatic rings. The molecule has 1 rings (SSSR count). The Kier molecular flexibility index (Phi) is 5.65. The Labute approximate surface area is 98.7 Å². The summed E-state index contributed by atoms with van der Waals surface area (Å²) in [4.78, 5) is 2.55. The van der Waals surface area contributed by atoms with Crippen molar-refractivity contribution in [3.05, 3.63) is 11.1 Å². The smallest absolute Gasteiger partial charge is 0.0249 e. The highest BCUT2D eigenvalue weighted by molar-refractivity contribution is 6.25. The first-order valence-electron chi connectivity index (χ1n) is 5.86. The molecule has 0 aromatic heterocycles. The molecule has 0 aromatic rings. The van der Waals surface area contributed by atoms with Crippen molar-refractivity contribution in [1.29, 1.82) is 0 Å². The van der Waals surface area contributed by atoms with Gasteiger partial charge < -0.3 is 5.32 Å². The molecule has 0 amide bonds. The standard InChI is InChI=1S/C12H23ClN2/c1-10(8-13)9-15-7-5-4-6-12(15)11(2)14-3/h8,11-12,14H,4-7,9H2,1-3H3. The number of halogens is 1. The number of piperidine rings is 1. The van der Waals surface area contributed by atoms with Crippen molar-refractivity contribution >= 4 is 11.6 Å². The lowest BCUT2D eigenvalue weighted by Crippen LogP contribution is -2.50. The summed E-state index contributed by atoms with van der Waals surface area (Å²) in [7, 11) is 2.04. The van der Waals surface area contributed by atoms with E-state index in [2.05, 4.69) is 24.1 Å². The number of likely N-dealkylation sites (tertiary alicyclic amines) is 1. The third-order valence-electron chi connectivity index (χ3n) is 3.34. The van der Waals surface area contributed by atoms with Crippen molar-refractivity contribution in [2.24, 2.45) is 0 Å². The SMILES string of the molecule is CNC(C)C1CCCCN1CC(C)=CCl. The molecule has 0 bridgehead atoms. The molecule has 2 nitrogen and oxygen atoms in total. The first-order chi connectivity index (χ1) is 7.19. The largest absolute Gasteiger partial charge is 0.316 e. The van der Waals surface area contributed by atoms with Crippen LogP contribution in [0.1, 0.15) is 33.1 Å². The van der Waals surface area contributed by atoms with Crippen molar-refractivity contribution in [1.82, 2.24) is 10.2 Å². The quantitative estimate of drug-likeness (QED) is 0.799. The van der Waals surface area contributed by atoms with Gasteiger partial charge in [0.2, 0.25) is 0 Å². The summed E-state index contributed by atoms with van der Waals surface area (Å²) in [5.74, 6) is 0. The zero-order valence-electron chi connectivity index (χ0n) is 10.1. The van der Waals surface area contributed by atoms with Gasteiger partial charge in [-0.1, -0.05) is 18.0 Å². The summed E-state index contributed by atoms with van der Waals surface area (Å²) in [6.45, 7) is 6.59. The predicted molar refractivity (Wildman–Crippen MR) is 67.3 cm³/mol. The van der Waals surface area contributed by atoms with Crippen LogP contribution >= 0.6 is 11.6 Å². The number of hydrogen-bond donors (Lipinski definition) is 1. The minimum atomic E-state index is 0.563. The second-order valence-electron chi connectivity index (χ2n) is 4.57. The van der Waals surface area contributed by atoms with Crippen LogP contribution in [-0.2, 0) is 0 Å². The average molecular weight is 231 g/mol. The highest BCUT2D eigenvalue weighted by Crippen LogP contribution is 2.20. The Hall–Kier alpha value is -0.0500. The van der Waals surface area contributed by atoms with Crippen LogP contribution in [0.4, 0.5) is 0 Å². The first kappa shape index (κ1) is 13.0. The summed E-state index contributed by atoms with van der Waals surface area (Å²) >= 11 is 5.73. The fourth-order valence-corrected chi connectivity index (χ4v) is 2.40. The number of nitrogens with one attached hydrogen (secondary N) is 1. The van der Waals surface area contributed by atoms with Crippen molar-refractivity contribution in [2.75, 3.05) is 20.1 Å². The molecule has 15 heavy (non-hydrogen) atoms. The third-order valence-corrected chi connectivity index (χ3v) is 3.71. The van der Waals surface area contributed by atoms with Gasteiger partial charge in [-0.05, 0) is 45.9 Å². The van der Waals surface area contributed by atoms with E-state index in [-0.39, 0.29) is 0 Å². The fraction of sp³-hybridized carbons (Fsp3) is 0.833. The monoisotopic (exact) mass is 230 g/mol. The average Bonchev–Trinajstić information content (AvgIpc) is 2.28. The zero-order chi connectivity index (χ0) is 11.3. The molecule has 1 heterocycles. The van der Waals surface area contributed by atoms with Gasteiger partial charge in [0.15, 0.2) is 0 Å². The van der Waals surface area contributed by atoms with Crippen LogP contribution < -0.4 is 5.32 Å². The van der Waals surface area contributed by atoms with E-state index in [1.165, 1.54) is 31.4 Å². The van der Waals surface area contributed by atoms with Crippen LogP contribution in [0.25, 0.3) is 0 Å². The second kappa shape index (κ2) is 6.51. The van der Waals surface area contributed by atoms with Crippen molar-refractivity contribution in [3.8, 4) is 0 Å². The van der Waals surface area contributed by atoms with Crippen molar-refractivity contribution < 1.29 is 0 Å². The van der Waals surface area contributed by atoms with E-state index in [9.17, 15) is 0 Å². The number of nitrogens with zero attached hydrogens (tertiary/aromatic N) is 1. The van der Waals surface area contributed by atoms with E-state index >= 15 is 0 Å². The molecule has 0 aromatic carbocycles. The molecular formula is C12H23ClN2. The lowest BCUT2D eigenvalue weighted by atomic mass is 9.96. The van der Waals surface area contributed by atoms with Gasteiger partial charge in [0, 0.05) is 24.2 Å². The van der Waals surface area contributed by atoms with Gasteiger partial charge in [0.05, 0.1) is 0 Å². The Balaban J connectivity index is 2.57. The minimum absolute atomic E-state index is 0.563. The van der Waals surface area contributed by atoms with Gasteiger partial charge in [-0.15, -0.1) is 0 Å². The maximum absolute atomic E-state index is 5.73. The van der Waals surface area contributed by atoms with Gasteiger partial charge in [-0.25, -0.2) is 0 Å². The van der Waals surface area contributed by atoms with E-state index in [1.54, 1.807) is 5.54 Å². The Bertz CT molecular complexity index is 216. The Morgan fingerprint density at radius 2 is 2.33 bits per heavy atom. The molecule has 0 radical (unpaired) electrons. The third kappa shape index (κ3) is 3.78. The van der Waals surface area contributed by atoms with E-state index in [4.69, 9.17) is 11.6 Å². The number of likely N-dealkylation sites (N-methyl/N-ethyl adjacent to an activating group) is 1. The van der Waals surface area contributed by atoms with Gasteiger partial charge in [0.25, 0.3) is 0 Å². The van der Waals surface area contributed by atoms with Crippen LogP contribution in [0.15, 0.2) is 11.1 Å². The van der Waals surface area contributed by atoms with Crippen LogP contribution in [0.5, 0.6) is 0 Å². The van der Waals surface area contributed by atoms with Gasteiger partial charge in [-0.3, -0.25) is 4.90 Å². The van der Waals surface area contributed by atoms with Crippen molar-refractivity contribution in [3.63, 3.8) is 0 Å². The highest BCUT2D eigenvalue weighted by atomic mass is 35.5. The number of hydrogen-bond acceptors (Lipinski definition) is 2. The molecule has 1 saturated heterocycles. The first-order valence-corrected chi connectivity index (χ1v) is 6.30. The van der Waals surface area contributed by atoms with Gasteiger partial charge in [0.1, 0.15) is 0 Å². The van der Waals surface area contributed by atoms with Crippen molar-refractivity contribution in [2.45, 2.75) is 45.2 Å². The Morgan fingerprint density at radius 3 is 2.93 bits per heavy atom. The highest BCUT2D eigenvalue weighted by Gasteiger charge is 2.26.